The molecule has 0 heterocycles. The molecule has 9 heteroatoms. The number of esters is 1. The van der Waals surface area contributed by atoms with Crippen molar-refractivity contribution in [1.29, 1.82) is 0 Å². The smallest absolute Gasteiger partial charge is 0.338 e. The van der Waals surface area contributed by atoms with E-state index in [2.05, 4.69) is 5.32 Å². The highest BCUT2D eigenvalue weighted by Crippen LogP contribution is 2.33. The van der Waals surface area contributed by atoms with Crippen LogP contribution >= 0.6 is 23.2 Å². The third kappa shape index (κ3) is 5.12. The van der Waals surface area contributed by atoms with Crippen LogP contribution in [0.3, 0.4) is 0 Å². The highest BCUT2D eigenvalue weighted by atomic mass is 35.5. The Labute approximate surface area is 165 Å². The Kier molecular flexibility index (Phi) is 7.04. The van der Waals surface area contributed by atoms with Gasteiger partial charge in [0.2, 0.25) is 0 Å². The van der Waals surface area contributed by atoms with Gasteiger partial charge in [0.25, 0.3) is 11.8 Å². The number of carbonyl (C=O) groups is 3. The monoisotopic (exact) mass is 411 g/mol. The van der Waals surface area contributed by atoms with Crippen LogP contribution in [0.1, 0.15) is 20.7 Å². The van der Waals surface area contributed by atoms with Crippen LogP contribution in [-0.4, -0.2) is 38.6 Å². The lowest BCUT2D eigenvalue weighted by molar-refractivity contribution is -0.123. The minimum atomic E-state index is -0.832. The van der Waals surface area contributed by atoms with Crippen LogP contribution in [0.4, 0.5) is 0 Å². The molecule has 2 rings (SSSR count). The Bertz CT molecular complexity index is 861. The third-order valence-corrected chi connectivity index (χ3v) is 3.94. The number of ether oxygens (including phenoxy) is 3. The van der Waals surface area contributed by atoms with Crippen LogP contribution in [-0.2, 0) is 9.53 Å². The van der Waals surface area contributed by atoms with E-state index in [0.717, 1.165) is 0 Å². The zero-order chi connectivity index (χ0) is 20.0. The molecule has 0 saturated carbocycles. The maximum Gasteiger partial charge on any atom is 0.338 e. The molecule has 0 unspecified atom stereocenters. The maximum atomic E-state index is 12.1. The molecule has 2 aromatic rings. The van der Waals surface area contributed by atoms with Crippen LogP contribution in [0.15, 0.2) is 36.4 Å². The molecule has 2 aromatic carbocycles. The van der Waals surface area contributed by atoms with Gasteiger partial charge in [-0.3, -0.25) is 14.9 Å². The van der Waals surface area contributed by atoms with E-state index >= 15 is 0 Å². The van der Waals surface area contributed by atoms with Crippen LogP contribution in [0.25, 0.3) is 0 Å². The molecule has 0 aromatic heterocycles. The summed E-state index contributed by atoms with van der Waals surface area (Å²) in [7, 11) is 2.79. The SMILES string of the molecule is COc1ccccc1C(=O)NC(=O)COC(=O)c1cc(Cl)c(OC)c(Cl)c1. The summed E-state index contributed by atoms with van der Waals surface area (Å²) in [5.41, 5.74) is 0.211. The van der Waals surface area contributed by atoms with Crippen molar-refractivity contribution >= 4 is 41.0 Å². The van der Waals surface area contributed by atoms with Crippen molar-refractivity contribution in [3.63, 3.8) is 0 Å². The van der Waals surface area contributed by atoms with Gasteiger partial charge >= 0.3 is 5.97 Å². The summed E-state index contributed by atoms with van der Waals surface area (Å²) in [6.45, 7) is -0.666. The number of methoxy groups -OCH3 is 2. The molecule has 2 amide bonds. The predicted molar refractivity (Wildman–Crippen MR) is 98.8 cm³/mol. The molecule has 27 heavy (non-hydrogen) atoms. The summed E-state index contributed by atoms with van der Waals surface area (Å²) in [4.78, 5) is 36.0. The summed E-state index contributed by atoms with van der Waals surface area (Å²) < 4.78 is 14.9. The van der Waals surface area contributed by atoms with Gasteiger partial charge in [-0.1, -0.05) is 35.3 Å². The number of hydrogen-bond donors (Lipinski definition) is 1. The summed E-state index contributed by atoms with van der Waals surface area (Å²) in [6, 6.07) is 8.98. The van der Waals surface area contributed by atoms with Crippen molar-refractivity contribution in [3.8, 4) is 11.5 Å². The predicted octanol–water partition coefficient (Wildman–Crippen LogP) is 3.12. The second-order valence-corrected chi connectivity index (χ2v) is 5.94. The molecule has 0 bridgehead atoms. The lowest BCUT2D eigenvalue weighted by atomic mass is 10.2. The Morgan fingerprint density at radius 1 is 1.00 bits per heavy atom. The summed E-state index contributed by atoms with van der Waals surface area (Å²) in [5, 5.41) is 2.35. The second-order valence-electron chi connectivity index (χ2n) is 5.13. The molecule has 0 radical (unpaired) electrons. The van der Waals surface area contributed by atoms with Crippen molar-refractivity contribution < 1.29 is 28.6 Å². The van der Waals surface area contributed by atoms with E-state index in [0.29, 0.717) is 5.75 Å². The molecule has 1 N–H and O–H groups in total. The Balaban J connectivity index is 1.97. The van der Waals surface area contributed by atoms with Gasteiger partial charge in [-0.15, -0.1) is 0 Å². The van der Waals surface area contributed by atoms with E-state index in [1.165, 1.54) is 32.4 Å². The standard InChI is InChI=1S/C18H15Cl2NO6/c1-25-14-6-4-3-5-11(14)17(23)21-15(22)9-27-18(24)10-7-12(19)16(26-2)13(20)8-10/h3-8H,9H2,1-2H3,(H,21,22,23). The first-order valence-corrected chi connectivity index (χ1v) is 8.30. The van der Waals surface area contributed by atoms with Crippen molar-refractivity contribution in [2.75, 3.05) is 20.8 Å². The Morgan fingerprint density at radius 3 is 2.22 bits per heavy atom. The molecule has 142 valence electrons. The number of halogens is 2. The molecule has 0 aliphatic rings. The lowest BCUT2D eigenvalue weighted by Crippen LogP contribution is -2.34. The average molecular weight is 412 g/mol. The molecule has 7 nitrogen and oxygen atoms in total. The van der Waals surface area contributed by atoms with Crippen molar-refractivity contribution in [3.05, 3.63) is 57.6 Å². The topological polar surface area (TPSA) is 90.9 Å². The van der Waals surface area contributed by atoms with Crippen molar-refractivity contribution in [2.45, 2.75) is 0 Å². The molecule has 0 spiro atoms. The number of benzene rings is 2. The first-order valence-electron chi connectivity index (χ1n) is 7.54. The van der Waals surface area contributed by atoms with Gasteiger partial charge in [0.15, 0.2) is 12.4 Å². The number of amides is 2. The number of rotatable bonds is 6. The van der Waals surface area contributed by atoms with Crippen molar-refractivity contribution in [2.24, 2.45) is 0 Å². The first kappa shape index (κ1) is 20.5. The van der Waals surface area contributed by atoms with Crippen LogP contribution < -0.4 is 14.8 Å². The molecule has 0 atom stereocenters. The number of nitrogens with one attached hydrogen (secondary N) is 1. The van der Waals surface area contributed by atoms with Gasteiger partial charge in [0, 0.05) is 0 Å². The van der Waals surface area contributed by atoms with E-state index in [1.807, 2.05) is 0 Å². The fourth-order valence-electron chi connectivity index (χ4n) is 2.15. The minimum Gasteiger partial charge on any atom is -0.496 e. The van der Waals surface area contributed by atoms with Gasteiger partial charge in [-0.2, -0.15) is 0 Å². The summed E-state index contributed by atoms with van der Waals surface area (Å²) in [5.74, 6) is -1.78. The zero-order valence-electron chi connectivity index (χ0n) is 14.4. The number of carbonyl (C=O) groups excluding carboxylic acids is 3. The number of imide groups is 1. The Morgan fingerprint density at radius 2 is 1.63 bits per heavy atom. The minimum absolute atomic E-state index is 0.0367. The van der Waals surface area contributed by atoms with Crippen LogP contribution in [0.5, 0.6) is 11.5 Å². The summed E-state index contributed by atoms with van der Waals surface area (Å²) >= 11 is 11.9. The van der Waals surface area contributed by atoms with E-state index in [1.54, 1.807) is 18.2 Å². The molecular formula is C18H15Cl2NO6. The van der Waals surface area contributed by atoms with E-state index < -0.39 is 24.4 Å². The quantitative estimate of drug-likeness (QED) is 0.734. The zero-order valence-corrected chi connectivity index (χ0v) is 15.9. The van der Waals surface area contributed by atoms with E-state index in [-0.39, 0.29) is 26.9 Å². The highest BCUT2D eigenvalue weighted by molar-refractivity contribution is 6.37. The van der Waals surface area contributed by atoms with E-state index in [4.69, 9.17) is 37.4 Å². The highest BCUT2D eigenvalue weighted by Gasteiger charge is 2.18. The largest absolute Gasteiger partial charge is 0.496 e. The number of hydrogen-bond acceptors (Lipinski definition) is 6. The fourth-order valence-corrected chi connectivity index (χ4v) is 2.79. The first-order chi connectivity index (χ1) is 12.9. The number of para-hydroxylation sites is 1. The van der Waals surface area contributed by atoms with Gasteiger partial charge in [0.1, 0.15) is 5.75 Å². The average Bonchev–Trinajstić information content (AvgIpc) is 2.65. The van der Waals surface area contributed by atoms with E-state index in [9.17, 15) is 14.4 Å². The van der Waals surface area contributed by atoms with Gasteiger partial charge < -0.3 is 14.2 Å². The summed E-state index contributed by atoms with van der Waals surface area (Å²) in [6.07, 6.45) is 0. The lowest BCUT2D eigenvalue weighted by Gasteiger charge is -2.10. The second kappa shape index (κ2) is 9.25. The normalized spacial score (nSPS) is 10.1. The molecule has 0 saturated heterocycles. The van der Waals surface area contributed by atoms with Gasteiger partial charge in [-0.05, 0) is 24.3 Å². The molecular weight excluding hydrogens is 397 g/mol. The van der Waals surface area contributed by atoms with Gasteiger partial charge in [-0.25, -0.2) is 4.79 Å². The molecule has 0 aliphatic heterocycles. The van der Waals surface area contributed by atoms with Crippen molar-refractivity contribution in [1.82, 2.24) is 5.32 Å². The van der Waals surface area contributed by atoms with Crippen LogP contribution in [0.2, 0.25) is 10.0 Å². The van der Waals surface area contributed by atoms with Gasteiger partial charge in [0.05, 0.1) is 35.4 Å². The maximum absolute atomic E-state index is 12.1. The molecule has 0 fully saturated rings. The third-order valence-electron chi connectivity index (χ3n) is 3.38. The van der Waals surface area contributed by atoms with Crippen LogP contribution in [0, 0.1) is 0 Å². The Hall–Kier alpha value is -2.77. The fraction of sp³-hybridized carbons (Fsp3) is 0.167. The molecule has 0 aliphatic carbocycles.